The van der Waals surface area contributed by atoms with Crippen molar-refractivity contribution in [2.45, 2.75) is 51.3 Å². The number of aromatic nitrogens is 2. The fraction of sp³-hybridized carbons (Fsp3) is 0.355. The van der Waals surface area contributed by atoms with E-state index < -0.39 is 11.6 Å². The Kier molecular flexibility index (Phi) is 7.75. The number of hydrogen-bond acceptors (Lipinski definition) is 5. The van der Waals surface area contributed by atoms with Crippen molar-refractivity contribution in [2.75, 3.05) is 30.4 Å². The number of carbonyl (C=O) groups excluding carboxylic acids is 1. The molecule has 0 radical (unpaired) electrons. The van der Waals surface area contributed by atoms with E-state index in [2.05, 4.69) is 26.8 Å². The third kappa shape index (κ3) is 6.00. The fourth-order valence-electron chi connectivity index (χ4n) is 5.68. The minimum absolute atomic E-state index is 0.129. The molecular formula is C31H33F2N5O2. The smallest absolute Gasteiger partial charge is 0.273 e. The number of fused-ring (bicyclic) bond motifs is 1. The van der Waals surface area contributed by atoms with E-state index in [4.69, 9.17) is 4.74 Å². The van der Waals surface area contributed by atoms with Gasteiger partial charge in [-0.15, -0.1) is 0 Å². The van der Waals surface area contributed by atoms with Crippen LogP contribution in [0, 0.1) is 11.6 Å². The highest BCUT2D eigenvalue weighted by Crippen LogP contribution is 2.28. The Morgan fingerprint density at radius 2 is 1.80 bits per heavy atom. The lowest BCUT2D eigenvalue weighted by Gasteiger charge is -2.28. The van der Waals surface area contributed by atoms with E-state index in [0.717, 1.165) is 72.7 Å². The van der Waals surface area contributed by atoms with Gasteiger partial charge in [0.05, 0.1) is 23.0 Å². The molecule has 9 heteroatoms. The summed E-state index contributed by atoms with van der Waals surface area (Å²) in [7, 11) is 0. The molecule has 6 rings (SSSR count). The molecule has 1 atom stereocenters. The Morgan fingerprint density at radius 1 is 0.975 bits per heavy atom. The number of ether oxygens (including phenoxy) is 1. The summed E-state index contributed by atoms with van der Waals surface area (Å²) < 4.78 is 33.2. The van der Waals surface area contributed by atoms with Crippen molar-refractivity contribution in [1.82, 2.24) is 14.8 Å². The summed E-state index contributed by atoms with van der Waals surface area (Å²) in [6.07, 6.45) is 7.35. The van der Waals surface area contributed by atoms with Crippen LogP contribution in [0.25, 0.3) is 10.9 Å². The number of anilines is 1. The molecule has 4 aromatic rings. The zero-order chi connectivity index (χ0) is 27.5. The van der Waals surface area contributed by atoms with Crippen molar-refractivity contribution in [1.29, 1.82) is 0 Å². The molecule has 208 valence electrons. The second-order valence-electron chi connectivity index (χ2n) is 10.7. The van der Waals surface area contributed by atoms with E-state index in [0.29, 0.717) is 24.2 Å². The van der Waals surface area contributed by atoms with Crippen molar-refractivity contribution in [3.63, 3.8) is 0 Å². The lowest BCUT2D eigenvalue weighted by molar-refractivity contribution is 0.0342. The molecule has 2 saturated heterocycles. The van der Waals surface area contributed by atoms with Gasteiger partial charge in [-0.2, -0.15) is 9.89 Å². The first kappa shape index (κ1) is 26.4. The van der Waals surface area contributed by atoms with Crippen LogP contribution in [0.2, 0.25) is 0 Å². The van der Waals surface area contributed by atoms with E-state index in [-0.39, 0.29) is 12.1 Å². The Balaban J connectivity index is 1.24. The van der Waals surface area contributed by atoms with Crippen LogP contribution in [-0.2, 0) is 17.7 Å². The van der Waals surface area contributed by atoms with Crippen LogP contribution in [-0.4, -0.2) is 46.6 Å². The third-order valence-electron chi connectivity index (χ3n) is 7.64. The normalized spacial score (nSPS) is 17.8. The highest BCUT2D eigenvalue weighted by atomic mass is 19.1. The van der Waals surface area contributed by atoms with Crippen molar-refractivity contribution in [3.8, 4) is 0 Å². The minimum atomic E-state index is -0.597. The summed E-state index contributed by atoms with van der Waals surface area (Å²) in [6, 6.07) is 15.0. The number of amides is 1. The molecule has 1 amide bonds. The van der Waals surface area contributed by atoms with Crippen LogP contribution in [0.5, 0.6) is 0 Å². The lowest BCUT2D eigenvalue weighted by atomic mass is 10.0. The summed E-state index contributed by atoms with van der Waals surface area (Å²) in [4.78, 5) is 17.5. The molecule has 3 aromatic carbocycles. The zero-order valence-electron chi connectivity index (χ0n) is 22.3. The van der Waals surface area contributed by atoms with Crippen LogP contribution in [0.15, 0.2) is 60.8 Å². The number of halogens is 2. The van der Waals surface area contributed by atoms with Crippen molar-refractivity contribution in [3.05, 3.63) is 94.7 Å². The second-order valence-corrected chi connectivity index (χ2v) is 10.7. The SMILES string of the molecule is O=C(Nn1ncc2cc(Cc3cc(F)cc(F)c3)ccc21)c1cccc(CN2CCCC2)c1NC1CCCCO1. The largest absolute Gasteiger partial charge is 0.359 e. The van der Waals surface area contributed by atoms with Crippen LogP contribution in [0.1, 0.15) is 59.2 Å². The first-order valence-electron chi connectivity index (χ1n) is 14.0. The predicted molar refractivity (Wildman–Crippen MR) is 151 cm³/mol. The van der Waals surface area contributed by atoms with Gasteiger partial charge in [0.25, 0.3) is 5.91 Å². The van der Waals surface area contributed by atoms with E-state index in [9.17, 15) is 13.6 Å². The van der Waals surface area contributed by atoms with Gasteiger partial charge < -0.3 is 10.1 Å². The van der Waals surface area contributed by atoms with Gasteiger partial charge in [0.1, 0.15) is 17.9 Å². The van der Waals surface area contributed by atoms with Gasteiger partial charge in [-0.05, 0) is 98.6 Å². The second kappa shape index (κ2) is 11.7. The number of benzene rings is 3. The molecule has 0 bridgehead atoms. The summed E-state index contributed by atoms with van der Waals surface area (Å²) in [5.41, 5.74) is 7.52. The molecule has 0 aliphatic carbocycles. The van der Waals surface area contributed by atoms with Crippen LogP contribution >= 0.6 is 0 Å². The number of nitrogens with zero attached hydrogens (tertiary/aromatic N) is 3. The summed E-state index contributed by atoms with van der Waals surface area (Å²) in [6.45, 7) is 3.61. The Labute approximate surface area is 232 Å². The maximum absolute atomic E-state index is 13.6. The van der Waals surface area contributed by atoms with Crippen molar-refractivity contribution >= 4 is 22.5 Å². The Bertz CT molecular complexity index is 1490. The summed E-state index contributed by atoms with van der Waals surface area (Å²) in [5.74, 6) is -1.47. The van der Waals surface area contributed by atoms with Gasteiger partial charge in [-0.1, -0.05) is 18.2 Å². The number of para-hydroxylation sites is 1. The topological polar surface area (TPSA) is 71.4 Å². The summed E-state index contributed by atoms with van der Waals surface area (Å²) in [5, 5.41) is 8.75. The zero-order valence-corrected chi connectivity index (χ0v) is 22.3. The summed E-state index contributed by atoms with van der Waals surface area (Å²) >= 11 is 0. The maximum atomic E-state index is 13.6. The molecule has 0 spiro atoms. The predicted octanol–water partition coefficient (Wildman–Crippen LogP) is 5.82. The van der Waals surface area contributed by atoms with Crippen LogP contribution < -0.4 is 10.7 Å². The first-order chi connectivity index (χ1) is 19.5. The van der Waals surface area contributed by atoms with Gasteiger partial charge in [-0.25, -0.2) is 14.2 Å². The van der Waals surface area contributed by atoms with Gasteiger partial charge in [0.2, 0.25) is 0 Å². The van der Waals surface area contributed by atoms with Gasteiger partial charge in [0.15, 0.2) is 0 Å². The number of nitrogens with one attached hydrogen (secondary N) is 2. The number of likely N-dealkylation sites (tertiary alicyclic amines) is 1. The molecule has 7 nitrogen and oxygen atoms in total. The molecule has 2 N–H and O–H groups in total. The van der Waals surface area contributed by atoms with Gasteiger partial charge >= 0.3 is 0 Å². The van der Waals surface area contributed by atoms with Crippen molar-refractivity contribution < 1.29 is 18.3 Å². The maximum Gasteiger partial charge on any atom is 0.273 e. The highest BCUT2D eigenvalue weighted by Gasteiger charge is 2.23. The van der Waals surface area contributed by atoms with Gasteiger partial charge in [0, 0.05) is 24.6 Å². The molecule has 2 aliphatic rings. The van der Waals surface area contributed by atoms with Crippen LogP contribution in [0.4, 0.5) is 14.5 Å². The highest BCUT2D eigenvalue weighted by molar-refractivity contribution is 6.05. The van der Waals surface area contributed by atoms with E-state index in [1.54, 1.807) is 6.20 Å². The molecular weight excluding hydrogens is 512 g/mol. The average Bonchev–Trinajstić information content (AvgIpc) is 3.59. The molecule has 1 unspecified atom stereocenters. The quantitative estimate of drug-likeness (QED) is 0.292. The van der Waals surface area contributed by atoms with E-state index in [1.807, 2.05) is 30.3 Å². The standard InChI is InChI=1S/C31H33F2N5O2/c32-25-16-22(17-26(33)18-25)14-21-9-10-28-24(15-21)19-34-38(28)36-31(39)27-7-5-6-23(20-37-11-2-3-12-37)30(27)35-29-8-1-4-13-40-29/h5-7,9-10,15-19,29,35H,1-4,8,11-14,20H2,(H,36,39). The number of carbonyl (C=O) groups is 1. The monoisotopic (exact) mass is 545 g/mol. The van der Waals surface area contributed by atoms with Crippen molar-refractivity contribution in [2.24, 2.45) is 0 Å². The molecule has 0 saturated carbocycles. The average molecular weight is 546 g/mol. The van der Waals surface area contributed by atoms with Crippen LogP contribution in [0.3, 0.4) is 0 Å². The molecule has 2 aliphatic heterocycles. The molecule has 2 fully saturated rings. The number of rotatable bonds is 8. The Hall–Kier alpha value is -3.82. The third-order valence-corrected chi connectivity index (χ3v) is 7.64. The van der Waals surface area contributed by atoms with E-state index in [1.165, 1.54) is 29.8 Å². The minimum Gasteiger partial charge on any atom is -0.359 e. The van der Waals surface area contributed by atoms with Gasteiger partial charge in [-0.3, -0.25) is 9.69 Å². The molecule has 3 heterocycles. The van der Waals surface area contributed by atoms with E-state index >= 15 is 0 Å². The lowest BCUT2D eigenvalue weighted by Crippen LogP contribution is -2.31. The molecule has 1 aromatic heterocycles. The Morgan fingerprint density at radius 3 is 2.58 bits per heavy atom. The fourth-order valence-corrected chi connectivity index (χ4v) is 5.68. The number of hydrogen-bond donors (Lipinski definition) is 2. The first-order valence-corrected chi connectivity index (χ1v) is 14.0. The molecule has 40 heavy (non-hydrogen) atoms.